The number of carbonyl (C=O) groups excluding carboxylic acids is 2. The van der Waals surface area contributed by atoms with Crippen molar-refractivity contribution in [1.82, 2.24) is 10.3 Å². The van der Waals surface area contributed by atoms with Crippen LogP contribution in [0.15, 0.2) is 18.3 Å². The Balaban J connectivity index is 1.80. The number of hydrogen-bond donors (Lipinski definition) is 1. The van der Waals surface area contributed by atoms with Gasteiger partial charge in [-0.15, -0.1) is 0 Å². The average molecular weight is 324 g/mol. The zero-order chi connectivity index (χ0) is 15.8. The summed E-state index contributed by atoms with van der Waals surface area (Å²) in [5.74, 6) is 2.08. The Morgan fingerprint density at radius 3 is 3.09 bits per heavy atom. The zero-order valence-corrected chi connectivity index (χ0v) is 13.4. The smallest absolute Gasteiger partial charge is 0.305 e. The number of ether oxygens (including phenoxy) is 2. The lowest BCUT2D eigenvalue weighted by Gasteiger charge is -2.12. The molecule has 1 aliphatic heterocycles. The fourth-order valence-electron chi connectivity index (χ4n) is 2.03. The minimum absolute atomic E-state index is 0.177. The van der Waals surface area contributed by atoms with Crippen molar-refractivity contribution in [3.8, 4) is 5.88 Å². The molecule has 1 saturated heterocycles. The van der Waals surface area contributed by atoms with Crippen LogP contribution in [0.1, 0.15) is 29.6 Å². The Bertz CT molecular complexity index is 518. The van der Waals surface area contributed by atoms with Crippen LogP contribution in [0.5, 0.6) is 5.88 Å². The molecule has 1 fully saturated rings. The van der Waals surface area contributed by atoms with Gasteiger partial charge < -0.3 is 14.8 Å². The Kier molecular flexibility index (Phi) is 6.51. The van der Waals surface area contributed by atoms with Crippen molar-refractivity contribution in [3.05, 3.63) is 23.9 Å². The van der Waals surface area contributed by atoms with Crippen LogP contribution in [0, 0.1) is 0 Å². The van der Waals surface area contributed by atoms with Gasteiger partial charge >= 0.3 is 5.97 Å². The van der Waals surface area contributed by atoms with Gasteiger partial charge in [0.05, 0.1) is 7.11 Å². The number of hydrogen-bond acceptors (Lipinski definition) is 6. The van der Waals surface area contributed by atoms with Crippen LogP contribution in [-0.4, -0.2) is 48.1 Å². The SMILES string of the molecule is COC(=O)CCCNC(=O)c1ccnc(OC2CCSC2)c1. The van der Waals surface area contributed by atoms with E-state index in [0.29, 0.717) is 30.8 Å². The summed E-state index contributed by atoms with van der Waals surface area (Å²) in [6.45, 7) is 0.422. The Labute approximate surface area is 134 Å². The van der Waals surface area contributed by atoms with Gasteiger partial charge in [-0.25, -0.2) is 4.98 Å². The van der Waals surface area contributed by atoms with Crippen LogP contribution in [0.25, 0.3) is 0 Å². The van der Waals surface area contributed by atoms with E-state index < -0.39 is 0 Å². The van der Waals surface area contributed by atoms with Gasteiger partial charge in [0.15, 0.2) is 0 Å². The molecule has 1 aromatic rings. The first-order valence-corrected chi connectivity index (χ1v) is 8.40. The first kappa shape index (κ1) is 16.6. The topological polar surface area (TPSA) is 77.5 Å². The predicted molar refractivity (Wildman–Crippen MR) is 84.2 cm³/mol. The molecule has 1 N–H and O–H groups in total. The molecular weight excluding hydrogens is 304 g/mol. The minimum Gasteiger partial charge on any atom is -0.473 e. The maximum Gasteiger partial charge on any atom is 0.305 e. The van der Waals surface area contributed by atoms with Crippen molar-refractivity contribution in [1.29, 1.82) is 0 Å². The van der Waals surface area contributed by atoms with Gasteiger partial charge in [-0.05, 0) is 24.7 Å². The summed E-state index contributed by atoms with van der Waals surface area (Å²) in [6.07, 6.45) is 3.60. The normalized spacial score (nSPS) is 17.0. The van der Waals surface area contributed by atoms with Crippen LogP contribution in [0.2, 0.25) is 0 Å². The van der Waals surface area contributed by atoms with Gasteiger partial charge in [-0.3, -0.25) is 9.59 Å². The van der Waals surface area contributed by atoms with E-state index in [0.717, 1.165) is 17.9 Å². The number of amides is 1. The molecule has 120 valence electrons. The van der Waals surface area contributed by atoms with Gasteiger partial charge in [0.25, 0.3) is 5.91 Å². The molecule has 6 nitrogen and oxygen atoms in total. The average Bonchev–Trinajstić information content (AvgIpc) is 3.04. The van der Waals surface area contributed by atoms with E-state index in [-0.39, 0.29) is 18.0 Å². The third kappa shape index (κ3) is 5.22. The predicted octanol–water partition coefficient (Wildman–Crippen LogP) is 1.65. The number of nitrogens with zero attached hydrogens (tertiary/aromatic N) is 1. The highest BCUT2D eigenvalue weighted by Crippen LogP contribution is 2.22. The highest BCUT2D eigenvalue weighted by atomic mass is 32.2. The first-order valence-electron chi connectivity index (χ1n) is 7.24. The molecule has 1 amide bonds. The van der Waals surface area contributed by atoms with Crippen molar-refractivity contribution in [2.45, 2.75) is 25.4 Å². The van der Waals surface area contributed by atoms with Gasteiger partial charge in [-0.1, -0.05) is 0 Å². The van der Waals surface area contributed by atoms with E-state index in [2.05, 4.69) is 15.0 Å². The van der Waals surface area contributed by atoms with Crippen molar-refractivity contribution in [2.75, 3.05) is 25.2 Å². The summed E-state index contributed by atoms with van der Waals surface area (Å²) in [4.78, 5) is 27.2. The number of carbonyl (C=O) groups is 2. The minimum atomic E-state index is -0.275. The summed E-state index contributed by atoms with van der Waals surface area (Å²) >= 11 is 1.86. The van der Waals surface area contributed by atoms with Gasteiger partial charge in [-0.2, -0.15) is 11.8 Å². The number of esters is 1. The summed E-state index contributed by atoms with van der Waals surface area (Å²) < 4.78 is 10.3. The van der Waals surface area contributed by atoms with E-state index in [1.807, 2.05) is 11.8 Å². The Hall–Kier alpha value is -1.76. The number of methoxy groups -OCH3 is 1. The van der Waals surface area contributed by atoms with Crippen molar-refractivity contribution >= 4 is 23.6 Å². The summed E-state index contributed by atoms with van der Waals surface area (Å²) in [5.41, 5.74) is 0.508. The van der Waals surface area contributed by atoms with Crippen molar-refractivity contribution < 1.29 is 19.1 Å². The Morgan fingerprint density at radius 2 is 2.36 bits per heavy atom. The number of aromatic nitrogens is 1. The molecular formula is C15H20N2O4S. The summed E-state index contributed by atoms with van der Waals surface area (Å²) in [7, 11) is 1.35. The lowest BCUT2D eigenvalue weighted by Crippen LogP contribution is -2.25. The van der Waals surface area contributed by atoms with Gasteiger partial charge in [0.1, 0.15) is 6.10 Å². The highest BCUT2D eigenvalue weighted by molar-refractivity contribution is 7.99. The van der Waals surface area contributed by atoms with Crippen LogP contribution in [0.4, 0.5) is 0 Å². The number of rotatable bonds is 7. The van der Waals surface area contributed by atoms with E-state index >= 15 is 0 Å². The van der Waals surface area contributed by atoms with E-state index in [9.17, 15) is 9.59 Å². The first-order chi connectivity index (χ1) is 10.7. The quantitative estimate of drug-likeness (QED) is 0.607. The monoisotopic (exact) mass is 324 g/mol. The lowest BCUT2D eigenvalue weighted by atomic mass is 10.2. The second-order valence-electron chi connectivity index (χ2n) is 4.92. The van der Waals surface area contributed by atoms with Gasteiger partial charge in [0.2, 0.25) is 5.88 Å². The summed E-state index contributed by atoms with van der Waals surface area (Å²) in [5, 5.41) is 2.77. The van der Waals surface area contributed by atoms with Crippen LogP contribution in [-0.2, 0) is 9.53 Å². The molecule has 1 aromatic heterocycles. The second-order valence-corrected chi connectivity index (χ2v) is 6.07. The van der Waals surface area contributed by atoms with Crippen LogP contribution >= 0.6 is 11.8 Å². The van der Waals surface area contributed by atoms with Crippen LogP contribution < -0.4 is 10.1 Å². The second kappa shape index (κ2) is 8.63. The van der Waals surface area contributed by atoms with Crippen molar-refractivity contribution in [3.63, 3.8) is 0 Å². The molecule has 22 heavy (non-hydrogen) atoms. The number of thioether (sulfide) groups is 1. The van der Waals surface area contributed by atoms with Crippen LogP contribution in [0.3, 0.4) is 0 Å². The number of nitrogens with one attached hydrogen (secondary N) is 1. The molecule has 0 radical (unpaired) electrons. The molecule has 0 aliphatic carbocycles. The van der Waals surface area contributed by atoms with E-state index in [1.165, 1.54) is 7.11 Å². The Morgan fingerprint density at radius 1 is 1.50 bits per heavy atom. The lowest BCUT2D eigenvalue weighted by molar-refractivity contribution is -0.140. The van der Waals surface area contributed by atoms with Gasteiger partial charge in [0, 0.05) is 36.5 Å². The van der Waals surface area contributed by atoms with E-state index in [4.69, 9.17) is 4.74 Å². The molecule has 2 heterocycles. The molecule has 0 aromatic carbocycles. The molecule has 1 unspecified atom stereocenters. The summed E-state index contributed by atoms with van der Waals surface area (Å²) in [6, 6.07) is 3.30. The highest BCUT2D eigenvalue weighted by Gasteiger charge is 2.18. The maximum absolute atomic E-state index is 12.0. The largest absolute Gasteiger partial charge is 0.473 e. The number of pyridine rings is 1. The molecule has 0 bridgehead atoms. The fraction of sp³-hybridized carbons (Fsp3) is 0.533. The zero-order valence-electron chi connectivity index (χ0n) is 12.5. The van der Waals surface area contributed by atoms with Crippen molar-refractivity contribution in [2.24, 2.45) is 0 Å². The molecule has 7 heteroatoms. The molecule has 2 rings (SSSR count). The standard InChI is InChI=1S/C15H20N2O4S/c1-20-14(18)3-2-6-17-15(19)11-4-7-16-13(9-11)21-12-5-8-22-10-12/h4,7,9,12H,2-3,5-6,8,10H2,1H3,(H,17,19). The molecule has 1 aliphatic rings. The molecule has 1 atom stereocenters. The molecule has 0 spiro atoms. The maximum atomic E-state index is 12.0. The third-order valence-corrected chi connectivity index (χ3v) is 4.38. The molecule has 0 saturated carbocycles. The van der Waals surface area contributed by atoms with E-state index in [1.54, 1.807) is 18.3 Å². The third-order valence-electron chi connectivity index (χ3n) is 3.24. The fourth-order valence-corrected chi connectivity index (χ4v) is 3.12.